The van der Waals surface area contributed by atoms with Gasteiger partial charge in [-0.3, -0.25) is 9.59 Å². The summed E-state index contributed by atoms with van der Waals surface area (Å²) in [5.74, 6) is 0.800. The van der Waals surface area contributed by atoms with E-state index >= 15 is 0 Å². The molecule has 28 heavy (non-hydrogen) atoms. The van der Waals surface area contributed by atoms with E-state index in [1.54, 1.807) is 20.0 Å². The fourth-order valence-corrected chi connectivity index (χ4v) is 3.70. The number of nitrogens with one attached hydrogen (secondary N) is 1. The molecule has 0 bridgehead atoms. The van der Waals surface area contributed by atoms with E-state index in [9.17, 15) is 9.59 Å². The first-order chi connectivity index (χ1) is 13.5. The summed E-state index contributed by atoms with van der Waals surface area (Å²) in [6.45, 7) is 3.93. The smallest absolute Gasteiger partial charge is 0.267 e. The van der Waals surface area contributed by atoms with Crippen LogP contribution in [-0.4, -0.2) is 42.1 Å². The highest BCUT2D eigenvalue weighted by Crippen LogP contribution is 2.37. The number of benzene rings is 1. The molecule has 7 nitrogen and oxygen atoms in total. The van der Waals surface area contributed by atoms with Crippen molar-refractivity contribution >= 4 is 29.0 Å². The quantitative estimate of drug-likeness (QED) is 0.653. The second kappa shape index (κ2) is 8.71. The Bertz CT molecular complexity index is 965. The Hall–Kier alpha value is -3.13. The van der Waals surface area contributed by atoms with Gasteiger partial charge in [0.05, 0.1) is 13.2 Å². The Balaban J connectivity index is 1.74. The SMILES string of the molecule is CCOc1cc(-c2ccccc2)sc1C(=O)N(C)CC(=O)Nc1cc(C)on1. The molecule has 2 heterocycles. The largest absolute Gasteiger partial charge is 0.492 e. The molecule has 0 unspecified atom stereocenters. The number of thiophene rings is 1. The summed E-state index contributed by atoms with van der Waals surface area (Å²) in [7, 11) is 1.58. The van der Waals surface area contributed by atoms with Crippen LogP contribution in [0.5, 0.6) is 5.75 Å². The highest BCUT2D eigenvalue weighted by Gasteiger charge is 2.23. The topological polar surface area (TPSA) is 84.7 Å². The van der Waals surface area contributed by atoms with Crippen molar-refractivity contribution in [2.45, 2.75) is 13.8 Å². The third kappa shape index (κ3) is 4.58. The molecule has 1 aromatic carbocycles. The molecule has 2 amide bonds. The van der Waals surface area contributed by atoms with E-state index in [-0.39, 0.29) is 18.4 Å². The molecular weight excluding hydrogens is 378 g/mol. The van der Waals surface area contributed by atoms with Crippen LogP contribution in [0, 0.1) is 6.92 Å². The van der Waals surface area contributed by atoms with Gasteiger partial charge in [-0.15, -0.1) is 11.3 Å². The normalized spacial score (nSPS) is 10.5. The van der Waals surface area contributed by atoms with Crippen LogP contribution in [0.2, 0.25) is 0 Å². The van der Waals surface area contributed by atoms with Gasteiger partial charge in [0.25, 0.3) is 5.91 Å². The van der Waals surface area contributed by atoms with Gasteiger partial charge in [0.15, 0.2) is 5.82 Å². The third-order valence-corrected chi connectivity index (χ3v) is 5.03. The molecule has 0 fully saturated rings. The van der Waals surface area contributed by atoms with E-state index in [1.807, 2.05) is 43.3 Å². The molecule has 0 aliphatic rings. The first-order valence-corrected chi connectivity index (χ1v) is 9.60. The monoisotopic (exact) mass is 399 g/mol. The van der Waals surface area contributed by atoms with E-state index in [1.165, 1.54) is 16.2 Å². The van der Waals surface area contributed by atoms with Crippen molar-refractivity contribution in [2.75, 3.05) is 25.5 Å². The van der Waals surface area contributed by atoms with Gasteiger partial charge in [-0.25, -0.2) is 0 Å². The standard InChI is InChI=1S/C20H21N3O4S/c1-4-26-15-11-16(14-8-6-5-7-9-14)28-19(15)20(25)23(3)12-18(24)21-17-10-13(2)27-22-17/h5-11H,4,12H2,1-3H3,(H,21,22,24). The molecule has 3 aromatic rings. The maximum absolute atomic E-state index is 12.9. The Kier molecular flexibility index (Phi) is 6.10. The number of amides is 2. The van der Waals surface area contributed by atoms with E-state index < -0.39 is 0 Å². The molecule has 2 aromatic heterocycles. The van der Waals surface area contributed by atoms with Crippen LogP contribution in [0.3, 0.4) is 0 Å². The number of likely N-dealkylation sites (N-methyl/N-ethyl adjacent to an activating group) is 1. The van der Waals surface area contributed by atoms with Crippen molar-refractivity contribution in [1.82, 2.24) is 10.1 Å². The predicted molar refractivity (Wildman–Crippen MR) is 108 cm³/mol. The number of anilines is 1. The Labute approximate surface area is 166 Å². The number of nitrogens with zero attached hydrogens (tertiary/aromatic N) is 2. The second-order valence-corrected chi connectivity index (χ2v) is 7.19. The first-order valence-electron chi connectivity index (χ1n) is 8.78. The highest BCUT2D eigenvalue weighted by atomic mass is 32.1. The molecule has 8 heteroatoms. The zero-order valence-electron chi connectivity index (χ0n) is 15.9. The molecule has 0 aliphatic carbocycles. The number of carbonyl (C=O) groups excluding carboxylic acids is 2. The van der Waals surface area contributed by atoms with Gasteiger partial charge in [-0.1, -0.05) is 35.5 Å². The summed E-state index contributed by atoms with van der Waals surface area (Å²) in [6, 6.07) is 13.3. The van der Waals surface area contributed by atoms with Crippen molar-refractivity contribution in [2.24, 2.45) is 0 Å². The molecule has 0 aliphatic heterocycles. The second-order valence-electron chi connectivity index (χ2n) is 6.14. The van der Waals surface area contributed by atoms with Crippen LogP contribution in [0.15, 0.2) is 47.0 Å². The Morgan fingerprint density at radius 1 is 1.25 bits per heavy atom. The average molecular weight is 399 g/mol. The van der Waals surface area contributed by atoms with E-state index in [0.717, 1.165) is 10.4 Å². The zero-order chi connectivity index (χ0) is 20.1. The summed E-state index contributed by atoms with van der Waals surface area (Å²) in [5.41, 5.74) is 1.01. The lowest BCUT2D eigenvalue weighted by Gasteiger charge is -2.16. The van der Waals surface area contributed by atoms with Crippen molar-refractivity contribution in [3.8, 4) is 16.2 Å². The van der Waals surface area contributed by atoms with Gasteiger partial charge in [-0.2, -0.15) is 0 Å². The fraction of sp³-hybridized carbons (Fsp3) is 0.250. The summed E-state index contributed by atoms with van der Waals surface area (Å²) in [6.07, 6.45) is 0. The van der Waals surface area contributed by atoms with E-state index in [0.29, 0.717) is 28.8 Å². The molecule has 1 N–H and O–H groups in total. The minimum Gasteiger partial charge on any atom is -0.492 e. The Morgan fingerprint density at radius 3 is 2.64 bits per heavy atom. The maximum Gasteiger partial charge on any atom is 0.267 e. The molecular formula is C20H21N3O4S. The molecule has 0 saturated carbocycles. The first kappa shape index (κ1) is 19.6. The van der Waals surface area contributed by atoms with Gasteiger partial charge in [0.1, 0.15) is 16.4 Å². The number of ether oxygens (including phenoxy) is 1. The van der Waals surface area contributed by atoms with Crippen molar-refractivity contribution in [3.63, 3.8) is 0 Å². The minimum absolute atomic E-state index is 0.116. The number of hydrogen-bond acceptors (Lipinski definition) is 6. The minimum atomic E-state index is -0.359. The summed E-state index contributed by atoms with van der Waals surface area (Å²) in [4.78, 5) is 27.9. The summed E-state index contributed by atoms with van der Waals surface area (Å²) >= 11 is 1.35. The zero-order valence-corrected chi connectivity index (χ0v) is 16.7. The van der Waals surface area contributed by atoms with Crippen LogP contribution in [-0.2, 0) is 4.79 Å². The van der Waals surface area contributed by atoms with Gasteiger partial charge < -0.3 is 19.5 Å². The maximum atomic E-state index is 12.9. The lowest BCUT2D eigenvalue weighted by Crippen LogP contribution is -2.34. The Morgan fingerprint density at radius 2 is 2.00 bits per heavy atom. The number of aromatic nitrogens is 1. The molecule has 0 saturated heterocycles. The fourth-order valence-electron chi connectivity index (χ4n) is 2.60. The number of carbonyl (C=O) groups is 2. The number of hydrogen-bond donors (Lipinski definition) is 1. The van der Waals surface area contributed by atoms with Crippen molar-refractivity contribution in [3.05, 3.63) is 53.1 Å². The lowest BCUT2D eigenvalue weighted by molar-refractivity contribution is -0.116. The lowest BCUT2D eigenvalue weighted by atomic mass is 10.2. The van der Waals surface area contributed by atoms with Crippen molar-refractivity contribution in [1.29, 1.82) is 0 Å². The summed E-state index contributed by atoms with van der Waals surface area (Å²) < 4.78 is 10.6. The van der Waals surface area contributed by atoms with Crippen LogP contribution in [0.4, 0.5) is 5.82 Å². The molecule has 0 atom stereocenters. The van der Waals surface area contributed by atoms with Crippen LogP contribution < -0.4 is 10.1 Å². The van der Waals surface area contributed by atoms with Crippen molar-refractivity contribution < 1.29 is 18.8 Å². The molecule has 0 spiro atoms. The van der Waals surface area contributed by atoms with Crippen LogP contribution in [0.25, 0.3) is 10.4 Å². The predicted octanol–water partition coefficient (Wildman–Crippen LogP) is 3.82. The molecule has 3 rings (SSSR count). The number of rotatable bonds is 7. The third-order valence-electron chi connectivity index (χ3n) is 3.87. The van der Waals surface area contributed by atoms with Gasteiger partial charge in [-0.05, 0) is 25.5 Å². The van der Waals surface area contributed by atoms with Gasteiger partial charge in [0.2, 0.25) is 5.91 Å². The van der Waals surface area contributed by atoms with E-state index in [4.69, 9.17) is 9.26 Å². The average Bonchev–Trinajstić information content (AvgIpc) is 3.28. The highest BCUT2D eigenvalue weighted by molar-refractivity contribution is 7.17. The molecule has 146 valence electrons. The van der Waals surface area contributed by atoms with Gasteiger partial charge >= 0.3 is 0 Å². The van der Waals surface area contributed by atoms with Crippen LogP contribution >= 0.6 is 11.3 Å². The van der Waals surface area contributed by atoms with Crippen LogP contribution in [0.1, 0.15) is 22.4 Å². The summed E-state index contributed by atoms with van der Waals surface area (Å²) in [5, 5.41) is 6.32. The van der Waals surface area contributed by atoms with Gasteiger partial charge in [0, 0.05) is 18.0 Å². The number of aryl methyl sites for hydroxylation is 1. The van der Waals surface area contributed by atoms with E-state index in [2.05, 4.69) is 10.5 Å². The molecule has 0 radical (unpaired) electrons.